The SMILES string of the molecule is CCC(C)(C)C.COc1cc(C2OC3(CCOCC3)c3c4c(nc(C(C)C)c32)CC2(CC2)CC4O)ccc1C(F)(F)F.CS. The number of aromatic nitrogens is 1. The lowest BCUT2D eigenvalue weighted by Gasteiger charge is -2.38. The monoisotopic (exact) mass is 637 g/mol. The molecule has 246 valence electrons. The zero-order valence-corrected chi connectivity index (χ0v) is 28.4. The molecule has 44 heavy (non-hydrogen) atoms. The molecule has 2 spiro atoms. The summed E-state index contributed by atoms with van der Waals surface area (Å²) >= 11 is 3.53. The van der Waals surface area contributed by atoms with Gasteiger partial charge in [-0.2, -0.15) is 25.8 Å². The maximum atomic E-state index is 13.6. The Morgan fingerprint density at radius 1 is 1.07 bits per heavy atom. The van der Waals surface area contributed by atoms with Gasteiger partial charge in [-0.25, -0.2) is 0 Å². The number of fused-ring (bicyclic) bond motifs is 4. The molecule has 6 rings (SSSR count). The first-order chi connectivity index (χ1) is 20.6. The third kappa shape index (κ3) is 6.96. The summed E-state index contributed by atoms with van der Waals surface area (Å²) in [5.41, 5.74) is 4.47. The summed E-state index contributed by atoms with van der Waals surface area (Å²) < 4.78 is 58.5. The van der Waals surface area contributed by atoms with Gasteiger partial charge in [-0.1, -0.05) is 54.0 Å². The van der Waals surface area contributed by atoms with Crippen molar-refractivity contribution in [2.24, 2.45) is 10.8 Å². The summed E-state index contributed by atoms with van der Waals surface area (Å²) in [6.45, 7) is 14.2. The molecule has 1 saturated carbocycles. The van der Waals surface area contributed by atoms with Crippen LogP contribution in [0.15, 0.2) is 18.2 Å². The summed E-state index contributed by atoms with van der Waals surface area (Å²) in [4.78, 5) is 5.14. The number of aliphatic hydroxyl groups excluding tert-OH is 1. The summed E-state index contributed by atoms with van der Waals surface area (Å²) in [5, 5.41) is 11.4. The number of alkyl halides is 3. The smallest absolute Gasteiger partial charge is 0.419 e. The standard InChI is InChI=1S/C28H32F3NO4.C6H14.CH4S/c1-15(2)24-22-23(21-18(32-24)13-26(6-7-26)14-19(21)33)27(8-10-35-11-9-27)36-25(22)16-4-5-17(28(29,30)31)20(12-16)34-3;1-5-6(2,3)4;1-2/h4-5,12,15,19,25,33H,6-11,13-14H2,1-3H3;5H2,1-4H3;2H,1H3. The fourth-order valence-corrected chi connectivity index (χ4v) is 6.62. The van der Waals surface area contributed by atoms with Crippen LogP contribution in [-0.4, -0.2) is 36.7 Å². The molecule has 4 aliphatic rings. The average molecular weight is 638 g/mol. The fraction of sp³-hybridized carbons (Fsp3) is 0.686. The van der Waals surface area contributed by atoms with Crippen LogP contribution in [0.2, 0.25) is 0 Å². The minimum absolute atomic E-state index is 0.0794. The average Bonchev–Trinajstić information content (AvgIpc) is 3.64. The van der Waals surface area contributed by atoms with Crippen LogP contribution >= 0.6 is 12.6 Å². The number of hydrogen-bond acceptors (Lipinski definition) is 6. The molecule has 1 aromatic carbocycles. The highest BCUT2D eigenvalue weighted by atomic mass is 32.1. The number of thiol groups is 1. The third-order valence-corrected chi connectivity index (χ3v) is 9.64. The minimum atomic E-state index is -4.52. The first-order valence-electron chi connectivity index (χ1n) is 15.8. The molecule has 2 aromatic rings. The zero-order valence-electron chi connectivity index (χ0n) is 27.5. The van der Waals surface area contributed by atoms with E-state index in [9.17, 15) is 18.3 Å². The van der Waals surface area contributed by atoms with Gasteiger partial charge < -0.3 is 19.3 Å². The fourth-order valence-electron chi connectivity index (χ4n) is 6.62. The summed E-state index contributed by atoms with van der Waals surface area (Å²) in [7, 11) is 1.25. The molecule has 0 amide bonds. The van der Waals surface area contributed by atoms with Gasteiger partial charge in [-0.15, -0.1) is 0 Å². The van der Waals surface area contributed by atoms with E-state index in [0.717, 1.165) is 59.8 Å². The predicted octanol–water partition coefficient (Wildman–Crippen LogP) is 9.11. The molecule has 1 aromatic heterocycles. The van der Waals surface area contributed by atoms with E-state index < -0.39 is 29.5 Å². The number of halogens is 3. The van der Waals surface area contributed by atoms with Crippen molar-refractivity contribution < 1.29 is 32.5 Å². The van der Waals surface area contributed by atoms with Gasteiger partial charge in [0.25, 0.3) is 0 Å². The third-order valence-electron chi connectivity index (χ3n) is 9.64. The Balaban J connectivity index is 0.000000496. The van der Waals surface area contributed by atoms with Crippen molar-refractivity contribution in [1.29, 1.82) is 0 Å². The molecule has 1 saturated heterocycles. The lowest BCUT2D eigenvalue weighted by Crippen LogP contribution is -2.36. The molecule has 0 bridgehead atoms. The second-order valence-electron chi connectivity index (χ2n) is 14.2. The number of pyridine rings is 1. The number of methoxy groups -OCH3 is 1. The highest BCUT2D eigenvalue weighted by Gasteiger charge is 2.55. The van der Waals surface area contributed by atoms with Crippen molar-refractivity contribution in [3.8, 4) is 5.75 Å². The first-order valence-corrected chi connectivity index (χ1v) is 16.7. The topological polar surface area (TPSA) is 60.8 Å². The lowest BCUT2D eigenvalue weighted by molar-refractivity contribution is -0.139. The molecule has 5 nitrogen and oxygen atoms in total. The number of hydrogen-bond donors (Lipinski definition) is 2. The van der Waals surface area contributed by atoms with Gasteiger partial charge in [-0.05, 0) is 71.9 Å². The van der Waals surface area contributed by atoms with E-state index in [1.54, 1.807) is 6.26 Å². The van der Waals surface area contributed by atoms with Gasteiger partial charge in [0.1, 0.15) is 11.9 Å². The summed E-state index contributed by atoms with van der Waals surface area (Å²) in [5.74, 6) is -0.151. The van der Waals surface area contributed by atoms with Gasteiger partial charge in [-0.3, -0.25) is 4.98 Å². The van der Waals surface area contributed by atoms with Crippen molar-refractivity contribution in [2.75, 3.05) is 26.6 Å². The number of benzene rings is 1. The van der Waals surface area contributed by atoms with Crippen molar-refractivity contribution >= 4 is 12.6 Å². The van der Waals surface area contributed by atoms with Crippen LogP contribution in [0, 0.1) is 10.8 Å². The molecule has 0 radical (unpaired) electrons. The van der Waals surface area contributed by atoms with Crippen molar-refractivity contribution in [1.82, 2.24) is 4.98 Å². The second kappa shape index (κ2) is 13.1. The molecule has 2 atom stereocenters. The van der Waals surface area contributed by atoms with Gasteiger partial charge in [0.05, 0.1) is 24.4 Å². The van der Waals surface area contributed by atoms with Crippen LogP contribution in [0.3, 0.4) is 0 Å². The minimum Gasteiger partial charge on any atom is -0.496 e. The number of rotatable bonds is 3. The summed E-state index contributed by atoms with van der Waals surface area (Å²) in [6.07, 6.45) is 2.28. The molecule has 2 aliphatic carbocycles. The van der Waals surface area contributed by atoms with Crippen LogP contribution in [0.4, 0.5) is 13.2 Å². The van der Waals surface area contributed by atoms with E-state index in [1.165, 1.54) is 25.7 Å². The van der Waals surface area contributed by atoms with Crippen LogP contribution < -0.4 is 4.74 Å². The Hall–Kier alpha value is -1.81. The molecule has 9 heteroatoms. The second-order valence-corrected chi connectivity index (χ2v) is 14.2. The molecular formula is C35H50F3NO4S. The molecule has 2 aliphatic heterocycles. The van der Waals surface area contributed by atoms with Gasteiger partial charge in [0.15, 0.2) is 0 Å². The molecule has 2 unspecified atom stereocenters. The lowest BCUT2D eigenvalue weighted by atomic mass is 9.73. The van der Waals surface area contributed by atoms with E-state index in [0.29, 0.717) is 37.0 Å². The van der Waals surface area contributed by atoms with E-state index in [1.807, 2.05) is 0 Å². The van der Waals surface area contributed by atoms with Crippen molar-refractivity contribution in [3.05, 3.63) is 57.4 Å². The molecular weight excluding hydrogens is 587 g/mol. The Bertz CT molecular complexity index is 1310. The number of nitrogens with zero attached hydrogens (tertiary/aromatic N) is 1. The first kappa shape index (κ1) is 35.1. The molecule has 2 fully saturated rings. The maximum Gasteiger partial charge on any atom is 0.419 e. The molecule has 1 N–H and O–H groups in total. The normalized spacial score (nSPS) is 22.9. The Kier molecular flexibility index (Phi) is 10.5. The van der Waals surface area contributed by atoms with E-state index >= 15 is 0 Å². The van der Waals surface area contributed by atoms with Crippen LogP contribution in [0.25, 0.3) is 0 Å². The van der Waals surface area contributed by atoms with Gasteiger partial charge in [0, 0.05) is 48.6 Å². The Morgan fingerprint density at radius 2 is 1.68 bits per heavy atom. The Labute approximate surface area is 266 Å². The van der Waals surface area contributed by atoms with E-state index in [2.05, 4.69) is 54.2 Å². The largest absolute Gasteiger partial charge is 0.496 e. The van der Waals surface area contributed by atoms with Crippen molar-refractivity contribution in [2.45, 2.75) is 116 Å². The zero-order chi connectivity index (χ0) is 32.7. The van der Waals surface area contributed by atoms with Gasteiger partial charge >= 0.3 is 6.18 Å². The quantitative estimate of drug-likeness (QED) is 0.329. The van der Waals surface area contributed by atoms with E-state index in [4.69, 9.17) is 19.2 Å². The summed E-state index contributed by atoms with van der Waals surface area (Å²) in [6, 6.07) is 3.99. The van der Waals surface area contributed by atoms with Gasteiger partial charge in [0.2, 0.25) is 0 Å². The van der Waals surface area contributed by atoms with Crippen LogP contribution in [0.5, 0.6) is 5.75 Å². The number of aliphatic hydroxyl groups is 1. The molecule has 3 heterocycles. The van der Waals surface area contributed by atoms with Crippen LogP contribution in [0.1, 0.15) is 137 Å². The maximum absolute atomic E-state index is 13.6. The van der Waals surface area contributed by atoms with Crippen LogP contribution in [-0.2, 0) is 27.7 Å². The van der Waals surface area contributed by atoms with Crippen molar-refractivity contribution in [3.63, 3.8) is 0 Å². The highest BCUT2D eigenvalue weighted by Crippen LogP contribution is 2.62. The van der Waals surface area contributed by atoms with E-state index in [-0.39, 0.29) is 17.1 Å². The highest BCUT2D eigenvalue weighted by molar-refractivity contribution is 7.79. The Morgan fingerprint density at radius 3 is 2.18 bits per heavy atom. The predicted molar refractivity (Wildman–Crippen MR) is 171 cm³/mol. The number of ether oxygens (including phenoxy) is 3.